The fourth-order valence-electron chi connectivity index (χ4n) is 3.01. The molecular weight excluding hydrogens is 312 g/mol. The van der Waals surface area contributed by atoms with Gasteiger partial charge in [0.05, 0.1) is 24.7 Å². The van der Waals surface area contributed by atoms with Gasteiger partial charge in [0.25, 0.3) is 0 Å². The van der Waals surface area contributed by atoms with Gasteiger partial charge < -0.3 is 10.1 Å². The number of benzene rings is 2. The summed E-state index contributed by atoms with van der Waals surface area (Å²) in [5, 5.41) is 3.74. The van der Waals surface area contributed by atoms with Crippen LogP contribution in [0.2, 0.25) is 0 Å². The molecule has 0 aliphatic heterocycles. The SMILES string of the molecule is CNC(=O)Cc1ccc2nc(-c3ccc(OC)c(C)c3)cc(C)c2c1. The van der Waals surface area contributed by atoms with Crippen molar-refractivity contribution in [1.82, 2.24) is 10.3 Å². The summed E-state index contributed by atoms with van der Waals surface area (Å²) < 4.78 is 5.33. The van der Waals surface area contributed by atoms with Crippen molar-refractivity contribution in [2.24, 2.45) is 0 Å². The van der Waals surface area contributed by atoms with E-state index in [-0.39, 0.29) is 5.91 Å². The summed E-state index contributed by atoms with van der Waals surface area (Å²) in [5.41, 5.74) is 6.16. The standard InChI is InChI=1S/C21H22N2O2/c1-13-10-19(16-6-8-20(25-4)14(2)9-16)23-18-7-5-15(11-17(13)18)12-21(24)22-3/h5-11H,12H2,1-4H3,(H,22,24). The van der Waals surface area contributed by atoms with Crippen LogP contribution < -0.4 is 10.1 Å². The smallest absolute Gasteiger partial charge is 0.224 e. The van der Waals surface area contributed by atoms with E-state index in [0.29, 0.717) is 6.42 Å². The van der Waals surface area contributed by atoms with E-state index in [9.17, 15) is 4.79 Å². The molecule has 4 heteroatoms. The topological polar surface area (TPSA) is 51.2 Å². The van der Waals surface area contributed by atoms with Crippen LogP contribution in [0, 0.1) is 13.8 Å². The molecule has 0 saturated carbocycles. The molecular formula is C21H22N2O2. The van der Waals surface area contributed by atoms with Gasteiger partial charge in [-0.3, -0.25) is 4.79 Å². The first-order valence-corrected chi connectivity index (χ1v) is 8.27. The quantitative estimate of drug-likeness (QED) is 0.789. The molecule has 3 aromatic rings. The molecule has 0 spiro atoms. The second-order valence-electron chi connectivity index (χ2n) is 6.21. The first-order valence-electron chi connectivity index (χ1n) is 8.27. The summed E-state index contributed by atoms with van der Waals surface area (Å²) >= 11 is 0. The number of aromatic nitrogens is 1. The lowest BCUT2D eigenvalue weighted by atomic mass is 10.0. The number of aryl methyl sites for hydroxylation is 2. The Morgan fingerprint density at radius 2 is 1.88 bits per heavy atom. The maximum atomic E-state index is 11.6. The van der Waals surface area contributed by atoms with Crippen molar-refractivity contribution in [2.45, 2.75) is 20.3 Å². The Kier molecular flexibility index (Phi) is 4.70. The van der Waals surface area contributed by atoms with E-state index in [2.05, 4.69) is 30.4 Å². The van der Waals surface area contributed by atoms with Gasteiger partial charge in [0.2, 0.25) is 5.91 Å². The van der Waals surface area contributed by atoms with Crippen molar-refractivity contribution < 1.29 is 9.53 Å². The summed E-state index contributed by atoms with van der Waals surface area (Å²) in [5.74, 6) is 0.885. The molecule has 1 N–H and O–H groups in total. The van der Waals surface area contributed by atoms with Crippen LogP contribution >= 0.6 is 0 Å². The Balaban J connectivity index is 2.03. The molecule has 0 fully saturated rings. The van der Waals surface area contributed by atoms with Crippen LogP contribution in [-0.2, 0) is 11.2 Å². The zero-order valence-corrected chi connectivity index (χ0v) is 15.0. The number of amides is 1. The van der Waals surface area contributed by atoms with Crippen LogP contribution in [0.3, 0.4) is 0 Å². The monoisotopic (exact) mass is 334 g/mol. The summed E-state index contributed by atoms with van der Waals surface area (Å²) in [6.45, 7) is 4.11. The minimum absolute atomic E-state index is 0.00953. The minimum atomic E-state index is 0.00953. The lowest BCUT2D eigenvalue weighted by molar-refractivity contribution is -0.119. The highest BCUT2D eigenvalue weighted by Crippen LogP contribution is 2.28. The zero-order chi connectivity index (χ0) is 18.0. The largest absolute Gasteiger partial charge is 0.496 e. The number of nitrogens with zero attached hydrogens (tertiary/aromatic N) is 1. The Morgan fingerprint density at radius 3 is 2.56 bits per heavy atom. The average molecular weight is 334 g/mol. The predicted octanol–water partition coefficient (Wildman–Crippen LogP) is 3.82. The number of ether oxygens (including phenoxy) is 1. The highest BCUT2D eigenvalue weighted by atomic mass is 16.5. The van der Waals surface area contributed by atoms with E-state index in [1.807, 2.05) is 31.2 Å². The highest BCUT2D eigenvalue weighted by molar-refractivity contribution is 5.87. The second kappa shape index (κ2) is 6.93. The molecule has 0 unspecified atom stereocenters. The number of likely N-dealkylation sites (N-methyl/N-ethyl adjacent to an activating group) is 1. The van der Waals surface area contributed by atoms with Crippen LogP contribution in [0.25, 0.3) is 22.2 Å². The number of carbonyl (C=O) groups excluding carboxylic acids is 1. The van der Waals surface area contributed by atoms with Crippen molar-refractivity contribution in [3.63, 3.8) is 0 Å². The summed E-state index contributed by atoms with van der Waals surface area (Å²) in [6.07, 6.45) is 0.380. The normalized spacial score (nSPS) is 10.7. The van der Waals surface area contributed by atoms with Gasteiger partial charge in [0.1, 0.15) is 5.75 Å². The van der Waals surface area contributed by atoms with Crippen molar-refractivity contribution >= 4 is 16.8 Å². The summed E-state index contributed by atoms with van der Waals surface area (Å²) in [7, 11) is 3.33. The molecule has 0 saturated heterocycles. The molecule has 3 rings (SSSR count). The number of fused-ring (bicyclic) bond motifs is 1. The van der Waals surface area contributed by atoms with Crippen molar-refractivity contribution in [3.8, 4) is 17.0 Å². The predicted molar refractivity (Wildman–Crippen MR) is 101 cm³/mol. The van der Waals surface area contributed by atoms with E-state index in [1.165, 1.54) is 0 Å². The molecule has 0 radical (unpaired) electrons. The molecule has 1 heterocycles. The molecule has 0 atom stereocenters. The van der Waals surface area contributed by atoms with Gasteiger partial charge in [-0.2, -0.15) is 0 Å². The number of carbonyl (C=O) groups is 1. The molecule has 0 aliphatic rings. The van der Waals surface area contributed by atoms with Gasteiger partial charge in [-0.25, -0.2) is 4.98 Å². The maximum absolute atomic E-state index is 11.6. The Morgan fingerprint density at radius 1 is 1.08 bits per heavy atom. The van der Waals surface area contributed by atoms with Gasteiger partial charge in [-0.15, -0.1) is 0 Å². The first-order chi connectivity index (χ1) is 12.0. The van der Waals surface area contributed by atoms with Gasteiger partial charge in [0.15, 0.2) is 0 Å². The number of nitrogens with one attached hydrogen (secondary N) is 1. The first kappa shape index (κ1) is 17.0. The van der Waals surface area contributed by atoms with Crippen molar-refractivity contribution in [1.29, 1.82) is 0 Å². The lowest BCUT2D eigenvalue weighted by Crippen LogP contribution is -2.19. The third-order valence-electron chi connectivity index (χ3n) is 4.41. The Hall–Kier alpha value is -2.88. The minimum Gasteiger partial charge on any atom is -0.496 e. The summed E-state index contributed by atoms with van der Waals surface area (Å²) in [6, 6.07) is 14.2. The van der Waals surface area contributed by atoms with E-state index < -0.39 is 0 Å². The molecule has 4 nitrogen and oxygen atoms in total. The Bertz CT molecular complexity index is 948. The number of hydrogen-bond donors (Lipinski definition) is 1. The van der Waals surface area contributed by atoms with Gasteiger partial charge >= 0.3 is 0 Å². The number of pyridine rings is 1. The fourth-order valence-corrected chi connectivity index (χ4v) is 3.01. The molecule has 25 heavy (non-hydrogen) atoms. The van der Waals surface area contributed by atoms with Crippen LogP contribution in [-0.4, -0.2) is 25.0 Å². The van der Waals surface area contributed by atoms with Gasteiger partial charge in [0, 0.05) is 18.0 Å². The summed E-state index contributed by atoms with van der Waals surface area (Å²) in [4.78, 5) is 16.4. The van der Waals surface area contributed by atoms with Crippen molar-refractivity contribution in [2.75, 3.05) is 14.2 Å². The highest BCUT2D eigenvalue weighted by Gasteiger charge is 2.09. The van der Waals surface area contributed by atoms with Crippen LogP contribution in [0.5, 0.6) is 5.75 Å². The molecule has 128 valence electrons. The van der Waals surface area contributed by atoms with Gasteiger partial charge in [-0.1, -0.05) is 6.07 Å². The third kappa shape index (κ3) is 3.48. The van der Waals surface area contributed by atoms with Crippen LogP contribution in [0.1, 0.15) is 16.7 Å². The van der Waals surface area contributed by atoms with Crippen LogP contribution in [0.4, 0.5) is 0 Å². The molecule has 1 amide bonds. The van der Waals surface area contributed by atoms with E-state index >= 15 is 0 Å². The van der Waals surface area contributed by atoms with Crippen molar-refractivity contribution in [3.05, 3.63) is 59.2 Å². The second-order valence-corrected chi connectivity index (χ2v) is 6.21. The third-order valence-corrected chi connectivity index (χ3v) is 4.41. The van der Waals surface area contributed by atoms with E-state index in [4.69, 9.17) is 9.72 Å². The van der Waals surface area contributed by atoms with E-state index in [1.54, 1.807) is 14.2 Å². The number of rotatable bonds is 4. The lowest BCUT2D eigenvalue weighted by Gasteiger charge is -2.10. The van der Waals surface area contributed by atoms with Crippen LogP contribution in [0.15, 0.2) is 42.5 Å². The van der Waals surface area contributed by atoms with E-state index in [0.717, 1.165) is 44.6 Å². The maximum Gasteiger partial charge on any atom is 0.224 e. The Labute approximate surface area is 147 Å². The molecule has 2 aromatic carbocycles. The molecule has 1 aromatic heterocycles. The zero-order valence-electron chi connectivity index (χ0n) is 15.0. The average Bonchev–Trinajstić information content (AvgIpc) is 2.61. The van der Waals surface area contributed by atoms with Gasteiger partial charge in [-0.05, 0) is 66.9 Å². The number of methoxy groups -OCH3 is 1. The molecule has 0 bridgehead atoms. The molecule has 0 aliphatic carbocycles. The number of hydrogen-bond acceptors (Lipinski definition) is 3. The fraction of sp³-hybridized carbons (Fsp3) is 0.238.